The number of nitrogens with zero attached hydrogens (tertiary/aromatic N) is 3. The number of H-pyrrole nitrogens is 1. The van der Waals surface area contributed by atoms with Crippen LogP contribution in [-0.4, -0.2) is 37.4 Å². The SMILES string of the molecule is O=C(O)c1ccc2c(cnn2C#CCNc2ncc(C(c3ccccc3)(c3ccccc3)c3ccccc3)[nH]2)c1. The first-order valence-electron chi connectivity index (χ1n) is 12.8. The summed E-state index contributed by atoms with van der Waals surface area (Å²) in [6.07, 6.45) is 3.49. The van der Waals surface area contributed by atoms with E-state index >= 15 is 0 Å². The number of benzene rings is 4. The summed E-state index contributed by atoms with van der Waals surface area (Å²) in [6.45, 7) is 0.330. The lowest BCUT2D eigenvalue weighted by Gasteiger charge is -2.35. The highest BCUT2D eigenvalue weighted by Crippen LogP contribution is 2.44. The fourth-order valence-corrected chi connectivity index (χ4v) is 5.13. The molecule has 0 fully saturated rings. The van der Waals surface area contributed by atoms with Crippen LogP contribution in [0.4, 0.5) is 5.95 Å². The number of hydrogen-bond donors (Lipinski definition) is 3. The number of rotatable bonds is 7. The van der Waals surface area contributed by atoms with E-state index in [0.29, 0.717) is 12.5 Å². The Morgan fingerprint density at radius 3 is 2.02 bits per heavy atom. The van der Waals surface area contributed by atoms with Crippen LogP contribution in [0.1, 0.15) is 32.7 Å². The molecule has 2 heterocycles. The predicted molar refractivity (Wildman–Crippen MR) is 155 cm³/mol. The van der Waals surface area contributed by atoms with Gasteiger partial charge in [0.25, 0.3) is 0 Å². The van der Waals surface area contributed by atoms with Crippen molar-refractivity contribution in [1.29, 1.82) is 0 Å². The summed E-state index contributed by atoms with van der Waals surface area (Å²) >= 11 is 0. The number of hydrogen-bond acceptors (Lipinski definition) is 4. The van der Waals surface area contributed by atoms with Gasteiger partial charge in [0.15, 0.2) is 0 Å². The van der Waals surface area contributed by atoms with Gasteiger partial charge >= 0.3 is 5.97 Å². The highest BCUT2D eigenvalue weighted by molar-refractivity contribution is 5.93. The molecule has 0 amide bonds. The summed E-state index contributed by atoms with van der Waals surface area (Å²) in [5, 5.41) is 17.5. The maximum atomic E-state index is 11.2. The van der Waals surface area contributed by atoms with Crippen molar-refractivity contribution in [3.05, 3.63) is 150 Å². The molecular formula is C33H25N5O2. The standard InChI is InChI=1S/C33H25N5O2/c39-31(40)24-17-18-29-25(21-24)22-36-38(29)20-10-19-34-32-35-23-30(37-32)33(26-11-4-1-5-12-26,27-13-6-2-7-14-27)28-15-8-3-9-16-28/h1-9,11-18,21-23H,19H2,(H,39,40)(H2,34,35,37). The van der Waals surface area contributed by atoms with E-state index in [1.54, 1.807) is 29.1 Å². The Kier molecular flexibility index (Phi) is 6.57. The number of fused-ring (bicyclic) bond motifs is 1. The zero-order valence-corrected chi connectivity index (χ0v) is 21.5. The Labute approximate surface area is 231 Å². The molecule has 7 heteroatoms. The smallest absolute Gasteiger partial charge is 0.335 e. The van der Waals surface area contributed by atoms with Gasteiger partial charge in [0.1, 0.15) is 0 Å². The van der Waals surface area contributed by atoms with Crippen molar-refractivity contribution in [3.8, 4) is 12.0 Å². The minimum Gasteiger partial charge on any atom is -0.478 e. The maximum Gasteiger partial charge on any atom is 0.335 e. The Bertz CT molecular complexity index is 1730. The fraction of sp³-hybridized carbons (Fsp3) is 0.0606. The fourth-order valence-electron chi connectivity index (χ4n) is 5.13. The molecule has 0 spiro atoms. The Morgan fingerprint density at radius 2 is 1.45 bits per heavy atom. The van der Waals surface area contributed by atoms with Crippen molar-refractivity contribution in [2.45, 2.75) is 5.41 Å². The highest BCUT2D eigenvalue weighted by Gasteiger charge is 2.39. The van der Waals surface area contributed by atoms with Gasteiger partial charge in [-0.25, -0.2) is 9.78 Å². The van der Waals surface area contributed by atoms with Gasteiger partial charge in [-0.1, -0.05) is 96.9 Å². The molecule has 0 saturated heterocycles. The number of aromatic carboxylic acids is 1. The van der Waals surface area contributed by atoms with Gasteiger partial charge in [0, 0.05) is 11.4 Å². The van der Waals surface area contributed by atoms with E-state index in [1.165, 1.54) is 0 Å². The second kappa shape index (κ2) is 10.6. The number of aromatic amines is 1. The molecule has 0 aliphatic carbocycles. The number of carboxylic acids is 1. The Morgan fingerprint density at radius 1 is 0.850 bits per heavy atom. The van der Waals surface area contributed by atoms with Crippen molar-refractivity contribution >= 4 is 22.8 Å². The van der Waals surface area contributed by atoms with E-state index in [0.717, 1.165) is 33.3 Å². The number of carbonyl (C=O) groups is 1. The van der Waals surface area contributed by atoms with E-state index in [-0.39, 0.29) is 5.56 Å². The van der Waals surface area contributed by atoms with Crippen molar-refractivity contribution < 1.29 is 9.90 Å². The minimum atomic E-state index is -0.974. The zero-order valence-electron chi connectivity index (χ0n) is 21.5. The van der Waals surface area contributed by atoms with Gasteiger partial charge in [-0.2, -0.15) is 9.78 Å². The number of imidazole rings is 1. The van der Waals surface area contributed by atoms with E-state index in [2.05, 4.69) is 105 Å². The molecule has 0 saturated carbocycles. The molecule has 0 aliphatic rings. The summed E-state index contributed by atoms with van der Waals surface area (Å²) in [5.74, 6) is 2.70. The van der Waals surface area contributed by atoms with Gasteiger partial charge in [0.2, 0.25) is 5.95 Å². The molecule has 7 nitrogen and oxygen atoms in total. The monoisotopic (exact) mass is 523 g/mol. The molecule has 0 atom stereocenters. The van der Waals surface area contributed by atoms with Crippen LogP contribution in [-0.2, 0) is 5.41 Å². The summed E-state index contributed by atoms with van der Waals surface area (Å²) in [5.41, 5.74) is 4.66. The number of carboxylic acid groups (broad SMARTS) is 1. The first-order chi connectivity index (χ1) is 19.7. The van der Waals surface area contributed by atoms with E-state index in [4.69, 9.17) is 0 Å². The molecule has 0 bridgehead atoms. The number of anilines is 1. The summed E-state index contributed by atoms with van der Waals surface area (Å²) in [7, 11) is 0. The third-order valence-corrected chi connectivity index (χ3v) is 6.94. The molecule has 4 aromatic carbocycles. The second-order valence-corrected chi connectivity index (χ2v) is 9.27. The zero-order chi connectivity index (χ0) is 27.4. The number of aromatic nitrogens is 4. The predicted octanol–water partition coefficient (Wildman–Crippen LogP) is 5.76. The van der Waals surface area contributed by atoms with Crippen molar-refractivity contribution in [3.63, 3.8) is 0 Å². The average Bonchev–Trinajstić information content (AvgIpc) is 3.65. The first-order valence-corrected chi connectivity index (χ1v) is 12.8. The van der Waals surface area contributed by atoms with Crippen LogP contribution in [0, 0.1) is 12.0 Å². The molecule has 0 aliphatic heterocycles. The molecule has 2 aromatic heterocycles. The van der Waals surface area contributed by atoms with Crippen LogP contribution in [0.25, 0.3) is 10.9 Å². The van der Waals surface area contributed by atoms with Crippen LogP contribution >= 0.6 is 0 Å². The summed E-state index contributed by atoms with van der Waals surface area (Å²) in [4.78, 5) is 19.4. The minimum absolute atomic E-state index is 0.216. The van der Waals surface area contributed by atoms with Gasteiger partial charge in [0.05, 0.1) is 41.1 Å². The third-order valence-electron chi connectivity index (χ3n) is 6.94. The summed E-state index contributed by atoms with van der Waals surface area (Å²) < 4.78 is 1.54. The van der Waals surface area contributed by atoms with Gasteiger partial charge in [-0.3, -0.25) is 0 Å². The lowest BCUT2D eigenvalue weighted by Crippen LogP contribution is -2.31. The van der Waals surface area contributed by atoms with Crippen LogP contribution < -0.4 is 5.32 Å². The topological polar surface area (TPSA) is 95.8 Å². The van der Waals surface area contributed by atoms with E-state index in [1.807, 2.05) is 24.4 Å². The van der Waals surface area contributed by atoms with Gasteiger partial charge in [-0.15, -0.1) is 0 Å². The third kappa shape index (κ3) is 4.48. The van der Waals surface area contributed by atoms with Crippen LogP contribution in [0.2, 0.25) is 0 Å². The van der Waals surface area contributed by atoms with Gasteiger partial charge in [-0.05, 0) is 34.9 Å². The van der Waals surface area contributed by atoms with Crippen molar-refractivity contribution in [1.82, 2.24) is 19.7 Å². The molecule has 0 unspecified atom stereocenters. The van der Waals surface area contributed by atoms with Crippen molar-refractivity contribution in [2.75, 3.05) is 11.9 Å². The van der Waals surface area contributed by atoms with Crippen LogP contribution in [0.5, 0.6) is 0 Å². The van der Waals surface area contributed by atoms with Crippen LogP contribution in [0.15, 0.2) is 122 Å². The lowest BCUT2D eigenvalue weighted by atomic mass is 9.67. The normalized spacial score (nSPS) is 11.1. The quantitative estimate of drug-likeness (QED) is 0.183. The maximum absolute atomic E-state index is 11.2. The van der Waals surface area contributed by atoms with Gasteiger partial charge < -0.3 is 15.4 Å². The second-order valence-electron chi connectivity index (χ2n) is 9.27. The molecule has 6 aromatic rings. The Hall–Kier alpha value is -5.61. The number of nitrogens with one attached hydrogen (secondary N) is 2. The molecule has 194 valence electrons. The van der Waals surface area contributed by atoms with Crippen LogP contribution in [0.3, 0.4) is 0 Å². The Balaban J connectivity index is 1.32. The molecule has 3 N–H and O–H groups in total. The first kappa shape index (κ1) is 24.7. The largest absolute Gasteiger partial charge is 0.478 e. The lowest BCUT2D eigenvalue weighted by molar-refractivity contribution is 0.0697. The van der Waals surface area contributed by atoms with Crippen molar-refractivity contribution in [2.24, 2.45) is 0 Å². The average molecular weight is 524 g/mol. The highest BCUT2D eigenvalue weighted by atomic mass is 16.4. The molecular weight excluding hydrogens is 498 g/mol. The van der Waals surface area contributed by atoms with E-state index < -0.39 is 11.4 Å². The molecule has 40 heavy (non-hydrogen) atoms. The van der Waals surface area contributed by atoms with E-state index in [9.17, 15) is 9.90 Å². The molecule has 6 rings (SSSR count). The molecule has 0 radical (unpaired) electrons. The summed E-state index contributed by atoms with van der Waals surface area (Å²) in [6, 6.07) is 39.1.